The van der Waals surface area contributed by atoms with Crippen LogP contribution in [-0.4, -0.2) is 44.9 Å². The molecule has 0 radical (unpaired) electrons. The van der Waals surface area contributed by atoms with Gasteiger partial charge in [-0.1, -0.05) is 23.2 Å². The highest BCUT2D eigenvalue weighted by Gasteiger charge is 2.36. The van der Waals surface area contributed by atoms with Crippen molar-refractivity contribution in [2.24, 2.45) is 0 Å². The number of anilines is 1. The number of rotatable bonds is 4. The van der Waals surface area contributed by atoms with E-state index < -0.39 is 22.0 Å². The van der Waals surface area contributed by atoms with E-state index in [1.54, 1.807) is 24.3 Å². The van der Waals surface area contributed by atoms with E-state index in [-0.39, 0.29) is 11.4 Å². The van der Waals surface area contributed by atoms with E-state index in [1.165, 1.54) is 26.2 Å². The van der Waals surface area contributed by atoms with Gasteiger partial charge in [-0.2, -0.15) is 4.31 Å². The van der Waals surface area contributed by atoms with Crippen LogP contribution in [0.15, 0.2) is 41.3 Å². The number of carbonyl (C=O) groups excluding carboxylic acids is 1. The Hall–Kier alpha value is -2.00. The SMILES string of the molecule is COC(=O)[C@@H](C)N1CCNc2cc(Oc3cc(Cl)cc(Cl)c3)ccc2S1(=O)=O. The smallest absolute Gasteiger partial charge is 0.323 e. The van der Waals surface area contributed by atoms with Crippen molar-refractivity contribution in [3.05, 3.63) is 46.4 Å². The van der Waals surface area contributed by atoms with Gasteiger partial charge >= 0.3 is 5.97 Å². The fraction of sp³-hybridized carbons (Fsp3) is 0.278. The maximum absolute atomic E-state index is 13.0. The van der Waals surface area contributed by atoms with Crippen LogP contribution in [0.5, 0.6) is 11.5 Å². The summed E-state index contributed by atoms with van der Waals surface area (Å²) in [7, 11) is -2.68. The molecule has 3 rings (SSSR count). The predicted molar refractivity (Wildman–Crippen MR) is 107 cm³/mol. The van der Waals surface area contributed by atoms with E-state index in [4.69, 9.17) is 27.9 Å². The molecule has 1 aliphatic rings. The second-order valence-electron chi connectivity index (χ2n) is 6.11. The summed E-state index contributed by atoms with van der Waals surface area (Å²) in [6.45, 7) is 1.93. The Labute approximate surface area is 173 Å². The van der Waals surface area contributed by atoms with Gasteiger partial charge in [0.25, 0.3) is 0 Å². The molecule has 0 amide bonds. The summed E-state index contributed by atoms with van der Waals surface area (Å²) < 4.78 is 37.7. The molecule has 0 fully saturated rings. The molecule has 0 spiro atoms. The number of carbonyl (C=O) groups is 1. The van der Waals surface area contributed by atoms with Crippen molar-refractivity contribution < 1.29 is 22.7 Å². The first-order chi connectivity index (χ1) is 13.2. The van der Waals surface area contributed by atoms with Crippen molar-refractivity contribution in [1.82, 2.24) is 4.31 Å². The zero-order valence-electron chi connectivity index (χ0n) is 15.1. The Bertz CT molecular complexity index is 993. The largest absolute Gasteiger partial charge is 0.468 e. The molecule has 7 nitrogen and oxygen atoms in total. The Balaban J connectivity index is 1.94. The molecule has 0 saturated heterocycles. The van der Waals surface area contributed by atoms with Gasteiger partial charge in [-0.05, 0) is 37.3 Å². The van der Waals surface area contributed by atoms with Crippen LogP contribution in [0.2, 0.25) is 10.0 Å². The highest BCUT2D eigenvalue weighted by Crippen LogP contribution is 2.34. The average Bonchev–Trinajstić information content (AvgIpc) is 2.75. The zero-order chi connectivity index (χ0) is 20.5. The van der Waals surface area contributed by atoms with Crippen LogP contribution in [0.1, 0.15) is 6.92 Å². The first-order valence-corrected chi connectivity index (χ1v) is 10.5. The van der Waals surface area contributed by atoms with Crippen LogP contribution in [0, 0.1) is 0 Å². The number of hydrogen-bond acceptors (Lipinski definition) is 6. The quantitative estimate of drug-likeness (QED) is 0.722. The Morgan fingerprint density at radius 2 is 1.82 bits per heavy atom. The molecule has 0 bridgehead atoms. The minimum Gasteiger partial charge on any atom is -0.468 e. The lowest BCUT2D eigenvalue weighted by atomic mass is 10.3. The number of hydrogen-bond donors (Lipinski definition) is 1. The van der Waals surface area contributed by atoms with Crippen molar-refractivity contribution in [2.75, 3.05) is 25.5 Å². The summed E-state index contributed by atoms with van der Waals surface area (Å²) in [5.74, 6) is 0.217. The van der Waals surface area contributed by atoms with Gasteiger partial charge in [0.2, 0.25) is 10.0 Å². The molecular weight excluding hydrogens is 427 g/mol. The molecule has 2 aromatic rings. The molecule has 1 heterocycles. The number of ether oxygens (including phenoxy) is 2. The second-order valence-corrected chi connectivity index (χ2v) is 8.84. The van der Waals surface area contributed by atoms with Crippen molar-refractivity contribution >= 4 is 44.9 Å². The number of fused-ring (bicyclic) bond motifs is 1. The van der Waals surface area contributed by atoms with E-state index in [1.807, 2.05) is 0 Å². The van der Waals surface area contributed by atoms with E-state index in [9.17, 15) is 13.2 Å². The lowest BCUT2D eigenvalue weighted by Gasteiger charge is -2.24. The van der Waals surface area contributed by atoms with Gasteiger partial charge in [-0.25, -0.2) is 8.42 Å². The minimum atomic E-state index is -3.90. The number of nitrogens with one attached hydrogen (secondary N) is 1. The highest BCUT2D eigenvalue weighted by atomic mass is 35.5. The summed E-state index contributed by atoms with van der Waals surface area (Å²) >= 11 is 11.9. The summed E-state index contributed by atoms with van der Waals surface area (Å²) in [5, 5.41) is 3.91. The van der Waals surface area contributed by atoms with Gasteiger partial charge in [0, 0.05) is 29.2 Å². The Kier molecular flexibility index (Phi) is 6.04. The number of esters is 1. The maximum Gasteiger partial charge on any atom is 0.323 e. The number of methoxy groups -OCH3 is 1. The fourth-order valence-electron chi connectivity index (χ4n) is 2.90. The van der Waals surface area contributed by atoms with Crippen molar-refractivity contribution in [2.45, 2.75) is 17.9 Å². The Morgan fingerprint density at radius 3 is 2.46 bits per heavy atom. The van der Waals surface area contributed by atoms with E-state index in [0.717, 1.165) is 4.31 Å². The monoisotopic (exact) mass is 444 g/mol. The van der Waals surface area contributed by atoms with E-state index >= 15 is 0 Å². The number of benzene rings is 2. The molecule has 1 atom stereocenters. The molecular formula is C18H18Cl2N2O5S. The van der Waals surface area contributed by atoms with E-state index in [0.29, 0.717) is 33.8 Å². The van der Waals surface area contributed by atoms with Crippen LogP contribution in [0.25, 0.3) is 0 Å². The van der Waals surface area contributed by atoms with Crippen LogP contribution >= 0.6 is 23.2 Å². The van der Waals surface area contributed by atoms with Gasteiger partial charge < -0.3 is 14.8 Å². The lowest BCUT2D eigenvalue weighted by Crippen LogP contribution is -2.44. The topological polar surface area (TPSA) is 84.9 Å². The number of nitrogens with zero attached hydrogens (tertiary/aromatic N) is 1. The number of sulfonamides is 1. The molecule has 2 aromatic carbocycles. The van der Waals surface area contributed by atoms with Gasteiger partial charge in [0.05, 0.1) is 12.8 Å². The lowest BCUT2D eigenvalue weighted by molar-refractivity contribution is -0.144. The third-order valence-electron chi connectivity index (χ3n) is 4.23. The average molecular weight is 445 g/mol. The van der Waals surface area contributed by atoms with Crippen molar-refractivity contribution in [1.29, 1.82) is 0 Å². The first-order valence-electron chi connectivity index (χ1n) is 8.34. The van der Waals surface area contributed by atoms with E-state index in [2.05, 4.69) is 10.1 Å². The van der Waals surface area contributed by atoms with Gasteiger partial charge in [-0.3, -0.25) is 4.79 Å². The molecule has 28 heavy (non-hydrogen) atoms. The molecule has 10 heteroatoms. The first kappa shape index (κ1) is 20.7. The summed E-state index contributed by atoms with van der Waals surface area (Å²) in [6, 6.07) is 8.38. The highest BCUT2D eigenvalue weighted by molar-refractivity contribution is 7.89. The summed E-state index contributed by atoms with van der Waals surface area (Å²) in [4.78, 5) is 11.9. The normalized spacial score (nSPS) is 17.0. The van der Waals surface area contributed by atoms with Crippen molar-refractivity contribution in [3.8, 4) is 11.5 Å². The minimum absolute atomic E-state index is 0.0530. The fourth-order valence-corrected chi connectivity index (χ4v) is 5.14. The van der Waals surface area contributed by atoms with Gasteiger partial charge in [-0.15, -0.1) is 0 Å². The van der Waals surface area contributed by atoms with Gasteiger partial charge in [0.15, 0.2) is 0 Å². The number of halogens is 2. The molecule has 0 aromatic heterocycles. The van der Waals surface area contributed by atoms with Crippen LogP contribution in [0.4, 0.5) is 5.69 Å². The van der Waals surface area contributed by atoms with Crippen LogP contribution < -0.4 is 10.1 Å². The second kappa shape index (κ2) is 8.16. The van der Waals surface area contributed by atoms with Crippen LogP contribution in [-0.2, 0) is 19.6 Å². The van der Waals surface area contributed by atoms with Gasteiger partial charge in [0.1, 0.15) is 22.4 Å². The Morgan fingerprint density at radius 1 is 1.14 bits per heavy atom. The molecule has 0 aliphatic carbocycles. The van der Waals surface area contributed by atoms with Crippen LogP contribution in [0.3, 0.4) is 0 Å². The summed E-state index contributed by atoms with van der Waals surface area (Å²) in [6.07, 6.45) is 0. The third kappa shape index (κ3) is 4.20. The molecule has 0 unspecified atom stereocenters. The standard InChI is InChI=1S/C18H18Cl2N2O5S/c1-11(18(23)26-2)22-6-5-21-16-10-14(3-4-17(16)28(22,24)25)27-15-8-12(19)7-13(20)9-15/h3-4,7-11,21H,5-6H2,1-2H3/t11-/m1/s1. The molecule has 150 valence electrons. The molecule has 0 saturated carbocycles. The molecule has 1 N–H and O–H groups in total. The predicted octanol–water partition coefficient (Wildman–Crippen LogP) is 3.76. The molecule has 1 aliphatic heterocycles. The third-order valence-corrected chi connectivity index (χ3v) is 6.70. The maximum atomic E-state index is 13.0. The zero-order valence-corrected chi connectivity index (χ0v) is 17.4. The van der Waals surface area contributed by atoms with Crippen molar-refractivity contribution in [3.63, 3.8) is 0 Å². The summed E-state index contributed by atoms with van der Waals surface area (Å²) in [5.41, 5.74) is 0.380.